The van der Waals surface area contributed by atoms with Crippen LogP contribution in [-0.2, 0) is 24.8 Å². The third-order valence-corrected chi connectivity index (χ3v) is 16.3. The van der Waals surface area contributed by atoms with Gasteiger partial charge in [0.1, 0.15) is 17.9 Å². The summed E-state index contributed by atoms with van der Waals surface area (Å²) in [5.74, 6) is 2.48. The van der Waals surface area contributed by atoms with E-state index in [4.69, 9.17) is 36.4 Å². The Morgan fingerprint density at radius 1 is 0.943 bits per heavy atom. The van der Waals surface area contributed by atoms with Crippen LogP contribution >= 0.6 is 11.6 Å². The standard InChI is InChI=1S/C54H63ClN12O3/c1-32-27-66(52-58-23-37(24-59-52)49(69)61-50-53(4,5)51(54(50,6)7)70-40-13-12-36(22-56)45(55)21-40)28-33(2)43(32)30-64-17-14-39(15-18-64)67-47-16-19-65(34(3)68)31-44(47)48(62-67)41-11-9-10-35-20-46(57-26-42(35)41)38-25-60-63(8)29-38/h9-13,20-21,23-26,29,32-33,39,43,50-51H,14-19,27-28,30-31H2,1-8H3,(H,61,69)/t32-,33+,43?,50?,51?. The third kappa shape index (κ3) is 8.67. The number of aromatic nitrogens is 7. The van der Waals surface area contributed by atoms with Crippen LogP contribution in [0.3, 0.4) is 0 Å². The number of rotatable bonds is 10. The van der Waals surface area contributed by atoms with Crippen molar-refractivity contribution in [1.29, 1.82) is 5.26 Å². The largest absolute Gasteiger partial charge is 0.489 e. The number of amides is 2. The Labute approximate surface area is 415 Å². The van der Waals surface area contributed by atoms with Gasteiger partial charge in [-0.05, 0) is 54.2 Å². The summed E-state index contributed by atoms with van der Waals surface area (Å²) >= 11 is 6.29. The SMILES string of the molecule is CC(=O)N1CCc2c(c(-c3cccc4cc(-c5cnn(C)c5)ncc34)nn2C2CCN(CC3[C@H](C)CN(c4ncc(C(=O)NC5C(C)(C)C(Oc6ccc(C#N)c(Cl)c6)C5(C)C)cn4)C[C@@H]3C)CC2)C1. The molecule has 1 saturated carbocycles. The molecule has 1 aliphatic carbocycles. The van der Waals surface area contributed by atoms with E-state index in [-0.39, 0.29) is 40.8 Å². The van der Waals surface area contributed by atoms with Crippen molar-refractivity contribution in [1.82, 2.24) is 49.6 Å². The van der Waals surface area contributed by atoms with Gasteiger partial charge in [-0.15, -0.1) is 0 Å². The van der Waals surface area contributed by atoms with Crippen molar-refractivity contribution < 1.29 is 14.3 Å². The predicted octanol–water partition coefficient (Wildman–Crippen LogP) is 8.38. The maximum atomic E-state index is 13.7. The van der Waals surface area contributed by atoms with Crippen LogP contribution in [0, 0.1) is 39.9 Å². The van der Waals surface area contributed by atoms with Gasteiger partial charge in [0, 0.05) is 142 Å². The minimum Gasteiger partial charge on any atom is -0.489 e. The summed E-state index contributed by atoms with van der Waals surface area (Å²) in [7, 11) is 1.91. The molecule has 1 N–H and O–H groups in total. The Morgan fingerprint density at radius 3 is 2.33 bits per heavy atom. The zero-order chi connectivity index (χ0) is 49.2. The van der Waals surface area contributed by atoms with Crippen LogP contribution in [0.15, 0.2) is 73.4 Å². The molecule has 10 rings (SSSR count). The van der Waals surface area contributed by atoms with Crippen LogP contribution in [0.1, 0.15) is 94.5 Å². The lowest BCUT2D eigenvalue weighted by Gasteiger charge is -2.63. The summed E-state index contributed by atoms with van der Waals surface area (Å²) in [5, 5.41) is 24.8. The molecule has 364 valence electrons. The Morgan fingerprint density at radius 2 is 1.67 bits per heavy atom. The lowest BCUT2D eigenvalue weighted by atomic mass is 9.49. The van der Waals surface area contributed by atoms with E-state index < -0.39 is 0 Å². The van der Waals surface area contributed by atoms with E-state index in [1.165, 1.54) is 5.69 Å². The molecule has 0 spiro atoms. The van der Waals surface area contributed by atoms with Gasteiger partial charge < -0.3 is 24.8 Å². The number of carbonyl (C=O) groups excluding carboxylic acids is 2. The molecule has 0 radical (unpaired) electrons. The maximum absolute atomic E-state index is 13.7. The van der Waals surface area contributed by atoms with Crippen molar-refractivity contribution in [2.45, 2.75) is 92.5 Å². The second-order valence-electron chi connectivity index (χ2n) is 21.5. The monoisotopic (exact) mass is 962 g/mol. The number of benzene rings is 2. The van der Waals surface area contributed by atoms with Gasteiger partial charge in [-0.25, -0.2) is 9.97 Å². The maximum Gasteiger partial charge on any atom is 0.254 e. The fraction of sp³-hybridized carbons (Fsp3) is 0.481. The highest BCUT2D eigenvalue weighted by molar-refractivity contribution is 6.31. The molecule has 1 unspecified atom stereocenters. The van der Waals surface area contributed by atoms with Crippen LogP contribution in [0.2, 0.25) is 5.02 Å². The van der Waals surface area contributed by atoms with E-state index in [9.17, 15) is 14.9 Å². The van der Waals surface area contributed by atoms with Crippen LogP contribution < -0.4 is 15.0 Å². The van der Waals surface area contributed by atoms with E-state index >= 15 is 0 Å². The second kappa shape index (κ2) is 18.4. The number of anilines is 1. The number of pyridine rings is 1. The molecule has 15 nitrogen and oxygen atoms in total. The first-order valence-electron chi connectivity index (χ1n) is 24.7. The number of aryl methyl sites for hydroxylation is 1. The molecule has 2 aromatic carbocycles. The lowest BCUT2D eigenvalue weighted by Crippen LogP contribution is -2.74. The van der Waals surface area contributed by atoms with E-state index in [1.54, 1.807) is 42.2 Å². The molecule has 2 saturated heterocycles. The van der Waals surface area contributed by atoms with Crippen molar-refractivity contribution in [2.24, 2.45) is 35.6 Å². The number of nitrogens with one attached hydrogen (secondary N) is 1. The molecule has 16 heteroatoms. The van der Waals surface area contributed by atoms with Crippen molar-refractivity contribution in [2.75, 3.05) is 44.2 Å². The Hall–Kier alpha value is -6.37. The topological polar surface area (TPSA) is 163 Å². The molecule has 7 heterocycles. The van der Waals surface area contributed by atoms with Crippen molar-refractivity contribution in [3.63, 3.8) is 0 Å². The smallest absolute Gasteiger partial charge is 0.254 e. The number of likely N-dealkylation sites (tertiary alicyclic amines) is 1. The Balaban J connectivity index is 0.761. The number of ether oxygens (including phenoxy) is 1. The zero-order valence-electron chi connectivity index (χ0n) is 41.5. The molecule has 3 atom stereocenters. The van der Waals surface area contributed by atoms with E-state index in [2.05, 4.69) is 96.8 Å². The molecular formula is C54H63ClN12O3. The molecule has 70 heavy (non-hydrogen) atoms. The fourth-order valence-corrected chi connectivity index (χ4v) is 12.7. The first-order valence-corrected chi connectivity index (χ1v) is 25.1. The van der Waals surface area contributed by atoms with Gasteiger partial charge in [-0.2, -0.15) is 15.5 Å². The number of hydrogen-bond acceptors (Lipinski definition) is 11. The molecule has 0 bridgehead atoms. The number of fused-ring (bicyclic) bond motifs is 2. The molecule has 3 aliphatic heterocycles. The number of piperidine rings is 2. The van der Waals surface area contributed by atoms with E-state index in [1.807, 2.05) is 30.5 Å². The highest BCUT2D eigenvalue weighted by Gasteiger charge is 2.64. The first-order chi connectivity index (χ1) is 33.5. The highest BCUT2D eigenvalue weighted by atomic mass is 35.5. The van der Waals surface area contributed by atoms with Crippen molar-refractivity contribution in [3.8, 4) is 34.3 Å². The number of carbonyl (C=O) groups is 2. The number of nitrogens with zero attached hydrogens (tertiary/aromatic N) is 11. The third-order valence-electron chi connectivity index (χ3n) is 16.0. The van der Waals surface area contributed by atoms with Crippen LogP contribution in [0.25, 0.3) is 33.3 Å². The summed E-state index contributed by atoms with van der Waals surface area (Å²) in [6.07, 6.45) is 11.7. The van der Waals surface area contributed by atoms with Crippen LogP contribution in [0.5, 0.6) is 5.75 Å². The minimum absolute atomic E-state index is 0.0896. The predicted molar refractivity (Wildman–Crippen MR) is 270 cm³/mol. The van der Waals surface area contributed by atoms with Gasteiger partial charge in [-0.3, -0.25) is 23.9 Å². The minimum atomic E-state index is -0.387. The number of halogens is 1. The number of nitriles is 1. The second-order valence-corrected chi connectivity index (χ2v) is 21.9. The van der Waals surface area contributed by atoms with E-state index in [0.717, 1.165) is 90.8 Å². The first kappa shape index (κ1) is 47.3. The Kier molecular flexibility index (Phi) is 12.5. The van der Waals surface area contributed by atoms with Gasteiger partial charge in [0.05, 0.1) is 39.8 Å². The molecule has 3 fully saturated rings. The highest BCUT2D eigenvalue weighted by Crippen LogP contribution is 2.55. The van der Waals surface area contributed by atoms with Crippen LogP contribution in [-0.4, -0.2) is 108 Å². The van der Waals surface area contributed by atoms with Gasteiger partial charge in [-0.1, -0.05) is 71.3 Å². The normalized spacial score (nSPS) is 23.3. The quantitative estimate of drug-likeness (QED) is 0.140. The number of hydrogen-bond donors (Lipinski definition) is 1. The van der Waals surface area contributed by atoms with Gasteiger partial charge in [0.2, 0.25) is 11.9 Å². The lowest BCUT2D eigenvalue weighted by molar-refractivity contribution is -0.164. The van der Waals surface area contributed by atoms with Crippen LogP contribution in [0.4, 0.5) is 5.95 Å². The molecule has 6 aromatic rings. The van der Waals surface area contributed by atoms with Crippen molar-refractivity contribution >= 4 is 40.1 Å². The van der Waals surface area contributed by atoms with E-state index in [0.29, 0.717) is 58.7 Å². The van der Waals surface area contributed by atoms with Crippen molar-refractivity contribution in [3.05, 3.63) is 101 Å². The summed E-state index contributed by atoms with van der Waals surface area (Å²) < 4.78 is 10.5. The molecule has 4 aliphatic rings. The van der Waals surface area contributed by atoms with Gasteiger partial charge in [0.25, 0.3) is 5.91 Å². The summed E-state index contributed by atoms with van der Waals surface area (Å²) in [5.41, 5.74) is 6.31. The Bertz CT molecular complexity index is 2970. The summed E-state index contributed by atoms with van der Waals surface area (Å²) in [6.45, 7) is 20.7. The van der Waals surface area contributed by atoms with Gasteiger partial charge in [0.15, 0.2) is 0 Å². The average molecular weight is 964 g/mol. The summed E-state index contributed by atoms with van der Waals surface area (Å²) in [6, 6.07) is 15.8. The molecule has 2 amide bonds. The molecular weight excluding hydrogens is 900 g/mol. The fourth-order valence-electron chi connectivity index (χ4n) is 12.5. The average Bonchev–Trinajstić information content (AvgIpc) is 3.96. The van der Waals surface area contributed by atoms with Gasteiger partial charge >= 0.3 is 0 Å². The summed E-state index contributed by atoms with van der Waals surface area (Å²) in [4.78, 5) is 47.6. The molecule has 4 aromatic heterocycles. The zero-order valence-corrected chi connectivity index (χ0v) is 42.2.